The van der Waals surface area contributed by atoms with Crippen LogP contribution in [-0.2, 0) is 14.4 Å². The SMILES string of the molecule is N=C(N)Nc1cccc(C(=O)NCC(=O)NC(CC(=O)O)c2cc(Br)cc(I)c2)c1.O=C(O)C(F)(F)F. The van der Waals surface area contributed by atoms with Crippen LogP contribution in [0.3, 0.4) is 0 Å². The van der Waals surface area contributed by atoms with Crippen LogP contribution in [0.2, 0.25) is 0 Å². The average Bonchev–Trinajstić information content (AvgIpc) is 2.75. The van der Waals surface area contributed by atoms with Crippen molar-refractivity contribution in [1.29, 1.82) is 5.41 Å². The quantitative estimate of drug-likeness (QED) is 0.124. The molecule has 0 saturated heterocycles. The summed E-state index contributed by atoms with van der Waals surface area (Å²) in [5.74, 6) is -5.10. The van der Waals surface area contributed by atoms with Crippen LogP contribution in [0.5, 0.6) is 0 Å². The maximum Gasteiger partial charge on any atom is 0.490 e. The molecule has 0 bridgehead atoms. The van der Waals surface area contributed by atoms with E-state index in [1.54, 1.807) is 30.3 Å². The highest BCUT2D eigenvalue weighted by Gasteiger charge is 2.38. The molecule has 0 radical (unpaired) electrons. The molecule has 1 unspecified atom stereocenters. The number of guanidine groups is 1. The van der Waals surface area contributed by atoms with Gasteiger partial charge >= 0.3 is 18.1 Å². The van der Waals surface area contributed by atoms with Crippen molar-refractivity contribution in [3.63, 3.8) is 0 Å². The molecule has 16 heteroatoms. The molecule has 1 atom stereocenters. The van der Waals surface area contributed by atoms with E-state index in [4.69, 9.17) is 21.0 Å². The summed E-state index contributed by atoms with van der Waals surface area (Å²) in [5, 5.41) is 31.3. The first kappa shape index (κ1) is 31.6. The lowest BCUT2D eigenvalue weighted by molar-refractivity contribution is -0.192. The monoisotopic (exact) mass is 701 g/mol. The van der Waals surface area contributed by atoms with Crippen LogP contribution < -0.4 is 21.7 Å². The lowest BCUT2D eigenvalue weighted by Gasteiger charge is -2.18. The minimum atomic E-state index is -5.08. The number of carbonyl (C=O) groups is 4. The van der Waals surface area contributed by atoms with E-state index in [1.165, 1.54) is 6.07 Å². The van der Waals surface area contributed by atoms with Gasteiger partial charge in [0.1, 0.15) is 0 Å². The number of rotatable bonds is 8. The summed E-state index contributed by atoms with van der Waals surface area (Å²) in [5.41, 5.74) is 6.65. The average molecular weight is 702 g/mol. The van der Waals surface area contributed by atoms with Gasteiger partial charge in [-0.25, -0.2) is 4.79 Å². The number of benzene rings is 2. The molecule has 0 saturated carbocycles. The molecule has 2 aromatic carbocycles. The Morgan fingerprint density at radius 3 is 2.24 bits per heavy atom. The van der Waals surface area contributed by atoms with Crippen molar-refractivity contribution in [2.24, 2.45) is 5.73 Å². The first-order chi connectivity index (χ1) is 17.1. The van der Waals surface area contributed by atoms with Crippen LogP contribution in [0.4, 0.5) is 18.9 Å². The molecule has 2 rings (SSSR count). The fourth-order valence-electron chi connectivity index (χ4n) is 2.60. The van der Waals surface area contributed by atoms with Crippen molar-refractivity contribution in [2.75, 3.05) is 11.9 Å². The zero-order chi connectivity index (χ0) is 28.3. The molecule has 11 nitrogen and oxygen atoms in total. The number of hydrogen-bond donors (Lipinski definition) is 7. The second-order valence-electron chi connectivity index (χ2n) is 7.03. The van der Waals surface area contributed by atoms with Gasteiger partial charge < -0.3 is 31.9 Å². The van der Waals surface area contributed by atoms with E-state index in [2.05, 4.69) is 54.5 Å². The number of nitrogens with two attached hydrogens (primary N) is 1. The van der Waals surface area contributed by atoms with E-state index in [0.717, 1.165) is 8.04 Å². The summed E-state index contributed by atoms with van der Waals surface area (Å²) in [6, 6.07) is 10.9. The van der Waals surface area contributed by atoms with Gasteiger partial charge in [0.25, 0.3) is 5.91 Å². The van der Waals surface area contributed by atoms with Crippen molar-refractivity contribution >= 4 is 73.9 Å². The Morgan fingerprint density at radius 2 is 1.73 bits per heavy atom. The zero-order valence-corrected chi connectivity index (χ0v) is 22.3. The van der Waals surface area contributed by atoms with Crippen LogP contribution in [0, 0.1) is 8.98 Å². The third-order valence-electron chi connectivity index (χ3n) is 4.06. The fourth-order valence-corrected chi connectivity index (χ4v) is 4.24. The minimum absolute atomic E-state index is 0.265. The number of carboxylic acid groups (broad SMARTS) is 2. The molecule has 2 amide bonds. The van der Waals surface area contributed by atoms with Crippen LogP contribution >= 0.6 is 38.5 Å². The highest BCUT2D eigenvalue weighted by atomic mass is 127. The minimum Gasteiger partial charge on any atom is -0.481 e. The summed E-state index contributed by atoms with van der Waals surface area (Å²) in [4.78, 5) is 44.8. The summed E-state index contributed by atoms with van der Waals surface area (Å²) in [7, 11) is 0. The van der Waals surface area contributed by atoms with Crippen molar-refractivity contribution < 1.29 is 42.6 Å². The van der Waals surface area contributed by atoms with E-state index >= 15 is 0 Å². The third-order valence-corrected chi connectivity index (χ3v) is 5.14. The van der Waals surface area contributed by atoms with Gasteiger partial charge in [-0.1, -0.05) is 22.0 Å². The number of carbonyl (C=O) groups excluding carboxylic acids is 2. The van der Waals surface area contributed by atoms with Crippen LogP contribution in [-0.4, -0.2) is 52.6 Å². The summed E-state index contributed by atoms with van der Waals surface area (Å²) >= 11 is 5.46. The second kappa shape index (κ2) is 14.4. The van der Waals surface area contributed by atoms with Crippen LogP contribution in [0.15, 0.2) is 46.9 Å². The Kier molecular flexibility index (Phi) is 12.3. The molecular formula is C21H20BrF3IN5O6. The van der Waals surface area contributed by atoms with Crippen molar-refractivity contribution in [2.45, 2.75) is 18.6 Å². The van der Waals surface area contributed by atoms with Crippen molar-refractivity contribution in [1.82, 2.24) is 10.6 Å². The van der Waals surface area contributed by atoms with E-state index < -0.39 is 36.0 Å². The Hall–Kier alpha value is -3.41. The largest absolute Gasteiger partial charge is 0.490 e. The smallest absolute Gasteiger partial charge is 0.481 e. The normalized spacial score (nSPS) is 11.3. The summed E-state index contributed by atoms with van der Waals surface area (Å²) in [6.45, 7) is -0.329. The summed E-state index contributed by atoms with van der Waals surface area (Å²) in [6.07, 6.45) is -5.38. The van der Waals surface area contributed by atoms with Gasteiger partial charge in [0.15, 0.2) is 5.96 Å². The Balaban J connectivity index is 0.000000856. The van der Waals surface area contributed by atoms with E-state index in [1.807, 2.05) is 6.07 Å². The van der Waals surface area contributed by atoms with Crippen LogP contribution in [0.1, 0.15) is 28.4 Å². The Labute approximate surface area is 229 Å². The molecule has 0 aliphatic rings. The molecule has 0 heterocycles. The molecule has 0 aromatic heterocycles. The second-order valence-corrected chi connectivity index (χ2v) is 9.19. The molecule has 0 aliphatic heterocycles. The van der Waals surface area contributed by atoms with E-state index in [-0.39, 0.29) is 24.5 Å². The Bertz CT molecular complexity index is 1160. The molecule has 37 heavy (non-hydrogen) atoms. The molecule has 0 fully saturated rings. The number of aliphatic carboxylic acids is 2. The standard InChI is InChI=1S/C19H19BrIN5O4.C2HF3O2/c20-12-4-11(5-13(21)7-12)15(8-17(28)29)26-16(27)9-24-18(30)10-2-1-3-14(6-10)25-19(22)23;3-2(4,5)1(6)7/h1-7,15H,8-9H2,(H,24,30)(H,26,27)(H,28,29)(H4,22,23,25);(H,6,7). The molecular weight excluding hydrogens is 682 g/mol. The van der Waals surface area contributed by atoms with E-state index in [9.17, 15) is 32.7 Å². The van der Waals surface area contributed by atoms with Gasteiger partial charge in [0.05, 0.1) is 19.0 Å². The molecule has 200 valence electrons. The molecule has 8 N–H and O–H groups in total. The highest BCUT2D eigenvalue weighted by molar-refractivity contribution is 14.1. The Morgan fingerprint density at radius 1 is 1.11 bits per heavy atom. The molecule has 0 spiro atoms. The van der Waals surface area contributed by atoms with Gasteiger partial charge in [-0.05, 0) is 64.6 Å². The molecule has 2 aromatic rings. The number of halogens is 5. The zero-order valence-electron chi connectivity index (χ0n) is 18.5. The van der Waals surface area contributed by atoms with Gasteiger partial charge in [-0.2, -0.15) is 13.2 Å². The van der Waals surface area contributed by atoms with Crippen LogP contribution in [0.25, 0.3) is 0 Å². The fraction of sp³-hybridized carbons (Fsp3) is 0.190. The van der Waals surface area contributed by atoms with Crippen molar-refractivity contribution in [3.8, 4) is 0 Å². The summed E-state index contributed by atoms with van der Waals surface area (Å²) < 4.78 is 33.4. The van der Waals surface area contributed by atoms with E-state index in [0.29, 0.717) is 11.3 Å². The molecule has 0 aliphatic carbocycles. The lowest BCUT2D eigenvalue weighted by atomic mass is 10.0. The van der Waals surface area contributed by atoms with Gasteiger partial charge in [-0.15, -0.1) is 0 Å². The lowest BCUT2D eigenvalue weighted by Crippen LogP contribution is -2.39. The highest BCUT2D eigenvalue weighted by Crippen LogP contribution is 2.24. The first-order valence-electron chi connectivity index (χ1n) is 9.85. The van der Waals surface area contributed by atoms with Crippen molar-refractivity contribution in [3.05, 3.63) is 61.6 Å². The number of hydrogen-bond acceptors (Lipinski definition) is 5. The third kappa shape index (κ3) is 12.4. The predicted octanol–water partition coefficient (Wildman–Crippen LogP) is 3.05. The number of anilines is 1. The first-order valence-corrected chi connectivity index (χ1v) is 11.7. The topological polar surface area (TPSA) is 195 Å². The number of alkyl halides is 3. The number of nitrogens with one attached hydrogen (secondary N) is 4. The van der Waals surface area contributed by atoms with Gasteiger partial charge in [0.2, 0.25) is 5.91 Å². The maximum atomic E-state index is 12.3. The van der Waals surface area contributed by atoms with Gasteiger partial charge in [-0.3, -0.25) is 19.8 Å². The number of amides is 2. The predicted molar refractivity (Wildman–Crippen MR) is 138 cm³/mol. The number of carboxylic acids is 2. The maximum absolute atomic E-state index is 12.3. The van der Waals surface area contributed by atoms with Gasteiger partial charge in [0, 0.05) is 19.3 Å².